The van der Waals surface area contributed by atoms with Crippen molar-refractivity contribution in [1.29, 1.82) is 0 Å². The van der Waals surface area contributed by atoms with Gasteiger partial charge in [0.25, 0.3) is 0 Å². The lowest BCUT2D eigenvalue weighted by Crippen LogP contribution is -2.51. The first kappa shape index (κ1) is 10.2. The van der Waals surface area contributed by atoms with Gasteiger partial charge in [-0.3, -0.25) is 0 Å². The summed E-state index contributed by atoms with van der Waals surface area (Å²) in [5.74, 6) is 0. The molecule has 1 heterocycles. The smallest absolute Gasteiger partial charge is 0.407 e. The van der Waals surface area contributed by atoms with Gasteiger partial charge in [0, 0.05) is 13.1 Å². The Bertz CT molecular complexity index is 187. The standard InChI is InChI=1S/C7H14N2O4/c8-3-5(10)6-4-9(7(11)12)1-2-13-6/h5-6,10H,1-4,8H2,(H,11,12). The highest BCUT2D eigenvalue weighted by Crippen LogP contribution is 2.08. The van der Waals surface area contributed by atoms with Crippen LogP contribution in [0.2, 0.25) is 0 Å². The van der Waals surface area contributed by atoms with E-state index in [1.165, 1.54) is 4.90 Å². The van der Waals surface area contributed by atoms with Gasteiger partial charge in [-0.2, -0.15) is 0 Å². The fourth-order valence-electron chi connectivity index (χ4n) is 1.23. The van der Waals surface area contributed by atoms with Gasteiger partial charge < -0.3 is 25.6 Å². The van der Waals surface area contributed by atoms with E-state index in [-0.39, 0.29) is 13.1 Å². The summed E-state index contributed by atoms with van der Waals surface area (Å²) in [5, 5.41) is 18.0. The molecule has 1 fully saturated rings. The molecular formula is C7H14N2O4. The predicted octanol–water partition coefficient (Wildman–Crippen LogP) is -1.32. The van der Waals surface area contributed by atoms with E-state index >= 15 is 0 Å². The molecule has 1 amide bonds. The number of hydrogen-bond donors (Lipinski definition) is 3. The van der Waals surface area contributed by atoms with Crippen LogP contribution in [0.5, 0.6) is 0 Å². The van der Waals surface area contributed by atoms with Crippen molar-refractivity contribution < 1.29 is 19.7 Å². The van der Waals surface area contributed by atoms with E-state index in [4.69, 9.17) is 15.6 Å². The minimum Gasteiger partial charge on any atom is -0.465 e. The van der Waals surface area contributed by atoms with E-state index in [1.807, 2.05) is 0 Å². The highest BCUT2D eigenvalue weighted by atomic mass is 16.5. The Balaban J connectivity index is 2.46. The zero-order valence-corrected chi connectivity index (χ0v) is 7.22. The number of aliphatic hydroxyl groups is 1. The molecule has 2 atom stereocenters. The quantitative estimate of drug-likeness (QED) is 0.502. The Morgan fingerprint density at radius 3 is 3.00 bits per heavy atom. The van der Waals surface area contributed by atoms with Crippen molar-refractivity contribution in [3.63, 3.8) is 0 Å². The summed E-state index contributed by atoms with van der Waals surface area (Å²) in [6, 6.07) is 0. The van der Waals surface area contributed by atoms with E-state index in [0.29, 0.717) is 13.2 Å². The number of rotatable bonds is 2. The molecular weight excluding hydrogens is 176 g/mol. The Morgan fingerprint density at radius 2 is 2.46 bits per heavy atom. The normalized spacial score (nSPS) is 25.7. The average molecular weight is 190 g/mol. The maximum atomic E-state index is 10.6. The third-order valence-corrected chi connectivity index (χ3v) is 2.03. The van der Waals surface area contributed by atoms with Gasteiger partial charge in [-0.05, 0) is 0 Å². The highest BCUT2D eigenvalue weighted by molar-refractivity contribution is 5.65. The number of nitrogens with zero attached hydrogens (tertiary/aromatic N) is 1. The molecule has 0 radical (unpaired) electrons. The van der Waals surface area contributed by atoms with Crippen LogP contribution in [0.1, 0.15) is 0 Å². The highest BCUT2D eigenvalue weighted by Gasteiger charge is 2.28. The summed E-state index contributed by atoms with van der Waals surface area (Å²) in [7, 11) is 0. The van der Waals surface area contributed by atoms with Gasteiger partial charge in [0.05, 0.1) is 19.3 Å². The number of nitrogens with two attached hydrogens (primary N) is 1. The van der Waals surface area contributed by atoms with Crippen LogP contribution in [0.15, 0.2) is 0 Å². The summed E-state index contributed by atoms with van der Waals surface area (Å²) in [5.41, 5.74) is 5.23. The van der Waals surface area contributed by atoms with Crippen molar-refractivity contribution in [2.45, 2.75) is 12.2 Å². The maximum absolute atomic E-state index is 10.6. The molecule has 13 heavy (non-hydrogen) atoms. The van der Waals surface area contributed by atoms with E-state index in [0.717, 1.165) is 0 Å². The number of hydrogen-bond acceptors (Lipinski definition) is 4. The topological polar surface area (TPSA) is 96.0 Å². The minimum absolute atomic E-state index is 0.0815. The molecule has 0 aromatic heterocycles. The van der Waals surface area contributed by atoms with E-state index in [1.54, 1.807) is 0 Å². The third-order valence-electron chi connectivity index (χ3n) is 2.03. The van der Waals surface area contributed by atoms with Crippen LogP contribution >= 0.6 is 0 Å². The number of carbonyl (C=O) groups is 1. The van der Waals surface area contributed by atoms with Gasteiger partial charge in [-0.25, -0.2) is 4.79 Å². The van der Waals surface area contributed by atoms with Crippen LogP contribution in [0, 0.1) is 0 Å². The number of morpholine rings is 1. The van der Waals surface area contributed by atoms with Crippen LogP contribution in [-0.2, 0) is 4.74 Å². The molecule has 6 nitrogen and oxygen atoms in total. The molecule has 0 spiro atoms. The second kappa shape index (κ2) is 4.40. The first-order valence-electron chi connectivity index (χ1n) is 4.12. The lowest BCUT2D eigenvalue weighted by molar-refractivity contribution is -0.0787. The molecule has 0 saturated carbocycles. The van der Waals surface area contributed by atoms with Crippen molar-refractivity contribution in [2.24, 2.45) is 5.73 Å². The van der Waals surface area contributed by atoms with E-state index in [9.17, 15) is 9.90 Å². The van der Waals surface area contributed by atoms with Gasteiger partial charge in [0.2, 0.25) is 0 Å². The van der Waals surface area contributed by atoms with Gasteiger partial charge in [-0.1, -0.05) is 0 Å². The summed E-state index contributed by atoms with van der Waals surface area (Å²) >= 11 is 0. The molecule has 6 heteroatoms. The average Bonchev–Trinajstić information content (AvgIpc) is 2.17. The molecule has 1 rings (SSSR count). The van der Waals surface area contributed by atoms with Crippen LogP contribution in [-0.4, -0.2) is 59.7 Å². The van der Waals surface area contributed by atoms with E-state index in [2.05, 4.69) is 0 Å². The molecule has 1 aliphatic rings. The number of amides is 1. The van der Waals surface area contributed by atoms with Crippen molar-refractivity contribution in [3.05, 3.63) is 0 Å². The van der Waals surface area contributed by atoms with Crippen LogP contribution in [0.25, 0.3) is 0 Å². The van der Waals surface area contributed by atoms with Crippen molar-refractivity contribution >= 4 is 6.09 Å². The zero-order chi connectivity index (χ0) is 9.84. The minimum atomic E-state index is -0.988. The van der Waals surface area contributed by atoms with Crippen LogP contribution < -0.4 is 5.73 Å². The van der Waals surface area contributed by atoms with Gasteiger partial charge in [0.15, 0.2) is 0 Å². The molecule has 0 bridgehead atoms. The van der Waals surface area contributed by atoms with Gasteiger partial charge >= 0.3 is 6.09 Å². The number of carboxylic acid groups (broad SMARTS) is 1. The number of aliphatic hydroxyl groups excluding tert-OH is 1. The van der Waals surface area contributed by atoms with Gasteiger partial charge in [0.1, 0.15) is 6.10 Å². The monoisotopic (exact) mass is 190 g/mol. The molecule has 2 unspecified atom stereocenters. The maximum Gasteiger partial charge on any atom is 0.407 e. The van der Waals surface area contributed by atoms with E-state index < -0.39 is 18.3 Å². The van der Waals surface area contributed by atoms with Crippen LogP contribution in [0.3, 0.4) is 0 Å². The third kappa shape index (κ3) is 2.55. The summed E-state index contributed by atoms with van der Waals surface area (Å²) in [6.07, 6.45) is -2.27. The Hall–Kier alpha value is -0.850. The Labute approximate surface area is 75.9 Å². The molecule has 76 valence electrons. The molecule has 0 aromatic carbocycles. The zero-order valence-electron chi connectivity index (χ0n) is 7.22. The second-order valence-corrected chi connectivity index (χ2v) is 2.94. The van der Waals surface area contributed by atoms with Crippen LogP contribution in [0.4, 0.5) is 4.79 Å². The first-order chi connectivity index (χ1) is 6.15. The summed E-state index contributed by atoms with van der Waals surface area (Å²) in [4.78, 5) is 11.8. The van der Waals surface area contributed by atoms with Crippen molar-refractivity contribution in [2.75, 3.05) is 26.2 Å². The summed E-state index contributed by atoms with van der Waals surface area (Å²) in [6.45, 7) is 0.934. The lowest BCUT2D eigenvalue weighted by atomic mass is 10.1. The van der Waals surface area contributed by atoms with Crippen molar-refractivity contribution in [3.8, 4) is 0 Å². The second-order valence-electron chi connectivity index (χ2n) is 2.94. The first-order valence-corrected chi connectivity index (χ1v) is 4.12. The Morgan fingerprint density at radius 1 is 1.77 bits per heavy atom. The SMILES string of the molecule is NCC(O)C1CN(C(=O)O)CCO1. The summed E-state index contributed by atoms with van der Waals surface area (Å²) < 4.78 is 5.18. The lowest BCUT2D eigenvalue weighted by Gasteiger charge is -2.33. The van der Waals surface area contributed by atoms with Crippen molar-refractivity contribution in [1.82, 2.24) is 4.90 Å². The fourth-order valence-corrected chi connectivity index (χ4v) is 1.23. The predicted molar refractivity (Wildman–Crippen MR) is 44.4 cm³/mol. The number of ether oxygens (including phenoxy) is 1. The fraction of sp³-hybridized carbons (Fsp3) is 0.857. The molecule has 4 N–H and O–H groups in total. The molecule has 0 aromatic rings. The largest absolute Gasteiger partial charge is 0.465 e. The molecule has 1 saturated heterocycles. The van der Waals surface area contributed by atoms with Gasteiger partial charge in [-0.15, -0.1) is 0 Å². The molecule has 1 aliphatic heterocycles. The molecule has 0 aliphatic carbocycles. The Kier molecular flexibility index (Phi) is 3.47.